The van der Waals surface area contributed by atoms with Gasteiger partial charge in [-0.05, 0) is 59.7 Å². The molecule has 0 spiro atoms. The minimum atomic E-state index is -3.27. The predicted octanol–water partition coefficient (Wildman–Crippen LogP) is 4.26. The topological polar surface area (TPSA) is 37.3 Å². The Morgan fingerprint density at radius 3 is 2.65 bits per heavy atom. The van der Waals surface area contributed by atoms with Crippen molar-refractivity contribution in [2.24, 2.45) is 0 Å². The first-order valence-electron chi connectivity index (χ1n) is 8.63. The van der Waals surface area contributed by atoms with Crippen molar-refractivity contribution < 1.29 is 22.5 Å². The summed E-state index contributed by atoms with van der Waals surface area (Å²) in [5.41, 5.74) is 3.11. The van der Waals surface area contributed by atoms with Gasteiger partial charge in [-0.3, -0.25) is 4.21 Å². The average molecular weight is 380 g/mol. The minimum absolute atomic E-state index is 0.113. The standard InChI is InChI=1S/C20H19F3O2S/c1-26(25)17-8-7-15(16-10-20(22,23)19(24)18(16)17)14-4-2-3-11-9-12(21)5-6-13(11)14/h5-9,14,19,24H,2-4,10H2,1H3. The lowest BCUT2D eigenvalue weighted by atomic mass is 9.77. The Hall–Kier alpha value is -1.66. The van der Waals surface area contributed by atoms with Crippen LogP contribution in [-0.4, -0.2) is 21.5 Å². The molecular weight excluding hydrogens is 361 g/mol. The third-order valence-corrected chi connectivity index (χ3v) is 6.52. The molecule has 3 atom stereocenters. The van der Waals surface area contributed by atoms with Crippen LogP contribution >= 0.6 is 0 Å². The van der Waals surface area contributed by atoms with E-state index in [1.54, 1.807) is 18.2 Å². The van der Waals surface area contributed by atoms with E-state index >= 15 is 0 Å². The second-order valence-electron chi connectivity index (χ2n) is 7.13. The summed E-state index contributed by atoms with van der Waals surface area (Å²) in [6.07, 6.45) is 1.32. The van der Waals surface area contributed by atoms with Crippen LogP contribution in [0.5, 0.6) is 0 Å². The summed E-state index contributed by atoms with van der Waals surface area (Å²) in [5, 5.41) is 10.2. The summed E-state index contributed by atoms with van der Waals surface area (Å²) < 4.78 is 54.1. The zero-order chi connectivity index (χ0) is 18.6. The molecule has 3 unspecified atom stereocenters. The van der Waals surface area contributed by atoms with Gasteiger partial charge in [-0.2, -0.15) is 0 Å². The molecule has 1 N–H and O–H groups in total. The molecule has 2 aliphatic carbocycles. The lowest BCUT2D eigenvalue weighted by Crippen LogP contribution is -2.22. The van der Waals surface area contributed by atoms with Crippen molar-refractivity contribution >= 4 is 10.8 Å². The van der Waals surface area contributed by atoms with Crippen LogP contribution in [0.4, 0.5) is 13.2 Å². The second kappa shape index (κ2) is 6.20. The summed E-state index contributed by atoms with van der Waals surface area (Å²) >= 11 is 0. The van der Waals surface area contributed by atoms with Gasteiger partial charge in [-0.25, -0.2) is 13.2 Å². The summed E-state index contributed by atoms with van der Waals surface area (Å²) in [4.78, 5) is 0.267. The molecule has 2 aromatic rings. The lowest BCUT2D eigenvalue weighted by molar-refractivity contribution is -0.0976. The van der Waals surface area contributed by atoms with Crippen molar-refractivity contribution in [3.63, 3.8) is 0 Å². The molecule has 2 nitrogen and oxygen atoms in total. The number of aliphatic hydroxyl groups is 1. The monoisotopic (exact) mass is 380 g/mol. The molecular formula is C20H19F3O2S. The first-order valence-corrected chi connectivity index (χ1v) is 10.2. The number of fused-ring (bicyclic) bond motifs is 2. The van der Waals surface area contributed by atoms with E-state index in [9.17, 15) is 22.5 Å². The summed E-state index contributed by atoms with van der Waals surface area (Å²) in [7, 11) is -1.47. The van der Waals surface area contributed by atoms with E-state index in [0.29, 0.717) is 5.56 Å². The summed E-state index contributed by atoms with van der Waals surface area (Å²) in [5.74, 6) is -3.69. The van der Waals surface area contributed by atoms with Gasteiger partial charge in [0.2, 0.25) is 0 Å². The number of halogens is 3. The van der Waals surface area contributed by atoms with Gasteiger partial charge >= 0.3 is 0 Å². The molecule has 0 radical (unpaired) electrons. The molecule has 0 saturated carbocycles. The summed E-state index contributed by atoms with van der Waals surface area (Å²) in [6.45, 7) is 0. The molecule has 4 rings (SSSR count). The Morgan fingerprint density at radius 1 is 1.19 bits per heavy atom. The minimum Gasteiger partial charge on any atom is -0.382 e. The molecule has 6 heteroatoms. The fourth-order valence-corrected chi connectivity index (χ4v) is 5.19. The van der Waals surface area contributed by atoms with Crippen LogP contribution in [0.2, 0.25) is 0 Å². The molecule has 0 bridgehead atoms. The number of rotatable bonds is 2. The van der Waals surface area contributed by atoms with Gasteiger partial charge in [0.15, 0.2) is 0 Å². The maximum Gasteiger partial charge on any atom is 0.281 e. The van der Waals surface area contributed by atoms with Crippen LogP contribution in [0.15, 0.2) is 35.2 Å². The Balaban J connectivity index is 1.90. The molecule has 0 fully saturated rings. The lowest BCUT2D eigenvalue weighted by Gasteiger charge is -2.28. The van der Waals surface area contributed by atoms with Crippen LogP contribution < -0.4 is 0 Å². The van der Waals surface area contributed by atoms with Gasteiger partial charge in [0.05, 0.1) is 10.8 Å². The van der Waals surface area contributed by atoms with Crippen LogP contribution in [0, 0.1) is 5.82 Å². The van der Waals surface area contributed by atoms with Crippen molar-refractivity contribution in [2.45, 2.75) is 48.5 Å². The van der Waals surface area contributed by atoms with Gasteiger partial charge in [0.1, 0.15) is 11.9 Å². The maximum atomic E-state index is 14.3. The molecule has 138 valence electrons. The highest BCUT2D eigenvalue weighted by Crippen LogP contribution is 2.50. The quantitative estimate of drug-likeness (QED) is 0.846. The number of hydrogen-bond donors (Lipinski definition) is 1. The smallest absolute Gasteiger partial charge is 0.281 e. The third-order valence-electron chi connectivity index (χ3n) is 5.54. The van der Waals surface area contributed by atoms with Crippen molar-refractivity contribution in [1.82, 2.24) is 0 Å². The predicted molar refractivity (Wildman–Crippen MR) is 93.6 cm³/mol. The van der Waals surface area contributed by atoms with Crippen molar-refractivity contribution in [3.05, 3.63) is 64.0 Å². The average Bonchev–Trinajstić information content (AvgIpc) is 2.83. The second-order valence-corrected chi connectivity index (χ2v) is 8.48. The fraction of sp³-hybridized carbons (Fsp3) is 0.400. The van der Waals surface area contributed by atoms with Gasteiger partial charge in [0.25, 0.3) is 5.92 Å². The SMILES string of the molecule is CS(=O)c1ccc(C2CCCc3cc(F)ccc32)c2c1C(O)C(F)(F)C2. The first-order chi connectivity index (χ1) is 12.3. The highest BCUT2D eigenvalue weighted by atomic mass is 32.2. The number of benzene rings is 2. The fourth-order valence-electron chi connectivity index (χ4n) is 4.38. The Labute approximate surface area is 152 Å². The van der Waals surface area contributed by atoms with Crippen LogP contribution in [0.25, 0.3) is 0 Å². The number of aryl methyl sites for hydroxylation is 1. The van der Waals surface area contributed by atoms with Gasteiger partial charge in [0, 0.05) is 29.1 Å². The normalized spacial score (nSPS) is 24.8. The molecule has 0 saturated heterocycles. The molecule has 0 aromatic heterocycles. The highest BCUT2D eigenvalue weighted by molar-refractivity contribution is 7.84. The number of hydrogen-bond acceptors (Lipinski definition) is 2. The highest BCUT2D eigenvalue weighted by Gasteiger charge is 2.49. The van der Waals surface area contributed by atoms with Crippen LogP contribution in [0.3, 0.4) is 0 Å². The summed E-state index contributed by atoms with van der Waals surface area (Å²) in [6, 6.07) is 7.99. The first kappa shape index (κ1) is 17.7. The molecule has 0 heterocycles. The maximum absolute atomic E-state index is 14.3. The largest absolute Gasteiger partial charge is 0.382 e. The van der Waals surface area contributed by atoms with E-state index in [2.05, 4.69) is 0 Å². The Bertz CT molecular complexity index is 910. The molecule has 2 aliphatic rings. The van der Waals surface area contributed by atoms with Gasteiger partial charge < -0.3 is 5.11 Å². The van der Waals surface area contributed by atoms with E-state index in [1.807, 2.05) is 0 Å². The van der Waals surface area contributed by atoms with Gasteiger partial charge in [-0.1, -0.05) is 12.1 Å². The van der Waals surface area contributed by atoms with Crippen LogP contribution in [-0.2, 0) is 23.6 Å². The van der Waals surface area contributed by atoms with E-state index in [1.165, 1.54) is 18.4 Å². The van der Waals surface area contributed by atoms with Crippen LogP contribution in [0.1, 0.15) is 52.7 Å². The molecule has 0 aliphatic heterocycles. The third kappa shape index (κ3) is 2.70. The number of aliphatic hydroxyl groups excluding tert-OH is 1. The van der Waals surface area contributed by atoms with E-state index < -0.39 is 29.2 Å². The van der Waals surface area contributed by atoms with Crippen molar-refractivity contribution in [1.29, 1.82) is 0 Å². The molecule has 26 heavy (non-hydrogen) atoms. The zero-order valence-electron chi connectivity index (χ0n) is 14.3. The molecule has 0 amide bonds. The zero-order valence-corrected chi connectivity index (χ0v) is 15.1. The van der Waals surface area contributed by atoms with Gasteiger partial charge in [-0.15, -0.1) is 0 Å². The Kier molecular flexibility index (Phi) is 4.23. The van der Waals surface area contributed by atoms with Crippen molar-refractivity contribution in [3.8, 4) is 0 Å². The van der Waals surface area contributed by atoms with E-state index in [-0.39, 0.29) is 22.2 Å². The molecule has 2 aromatic carbocycles. The number of alkyl halides is 2. The Morgan fingerprint density at radius 2 is 1.92 bits per heavy atom. The van der Waals surface area contributed by atoms with E-state index in [4.69, 9.17) is 0 Å². The van der Waals surface area contributed by atoms with E-state index in [0.717, 1.165) is 36.0 Å². The van der Waals surface area contributed by atoms with Crippen molar-refractivity contribution in [2.75, 3.05) is 6.26 Å².